The molecule has 0 saturated heterocycles. The molecule has 2 heterocycles. The number of aromatic amines is 1. The molecule has 27 heavy (non-hydrogen) atoms. The van der Waals surface area contributed by atoms with Gasteiger partial charge in [0, 0.05) is 11.3 Å². The fourth-order valence-electron chi connectivity index (χ4n) is 3.17. The van der Waals surface area contributed by atoms with Crippen LogP contribution in [0.5, 0.6) is 5.75 Å². The second-order valence-electron chi connectivity index (χ2n) is 6.54. The number of hydrogen-bond acceptors (Lipinski definition) is 7. The third kappa shape index (κ3) is 3.66. The number of carbonyl (C=O) groups excluding carboxylic acids is 1. The Morgan fingerprint density at radius 3 is 2.56 bits per heavy atom. The van der Waals surface area contributed by atoms with Gasteiger partial charge in [-0.05, 0) is 50.7 Å². The molecule has 0 amide bonds. The molecule has 1 aliphatic heterocycles. The van der Waals surface area contributed by atoms with E-state index in [1.807, 2.05) is 45.0 Å². The first-order valence-electron chi connectivity index (χ1n) is 8.54. The molecule has 142 valence electrons. The topological polar surface area (TPSA) is 102 Å². The molecule has 4 N–H and O–H groups in total. The fourth-order valence-corrected chi connectivity index (χ4v) is 3.37. The summed E-state index contributed by atoms with van der Waals surface area (Å²) in [5.41, 5.74) is 8.90. The lowest BCUT2D eigenvalue weighted by atomic mass is 9.82. The highest BCUT2D eigenvalue weighted by atomic mass is 32.1. The molecule has 1 unspecified atom stereocenters. The van der Waals surface area contributed by atoms with Crippen LogP contribution in [0.4, 0.5) is 11.6 Å². The second kappa shape index (κ2) is 7.40. The van der Waals surface area contributed by atoms with Crippen LogP contribution in [0.2, 0.25) is 0 Å². The molecule has 0 bridgehead atoms. The Bertz CT molecular complexity index is 964. The van der Waals surface area contributed by atoms with Crippen LogP contribution in [0, 0.1) is 4.77 Å². The molecule has 8 heteroatoms. The molecule has 1 aromatic heterocycles. The highest BCUT2D eigenvalue weighted by Crippen LogP contribution is 2.43. The summed E-state index contributed by atoms with van der Waals surface area (Å²) in [6.07, 6.45) is -0.243. The summed E-state index contributed by atoms with van der Waals surface area (Å²) in [4.78, 5) is 20.1. The summed E-state index contributed by atoms with van der Waals surface area (Å²) in [5.74, 6) is 0.774. The molecule has 3 rings (SSSR count). The van der Waals surface area contributed by atoms with Crippen molar-refractivity contribution in [3.8, 4) is 5.75 Å². The number of esters is 1. The van der Waals surface area contributed by atoms with E-state index in [-0.39, 0.29) is 10.9 Å². The first-order valence-corrected chi connectivity index (χ1v) is 8.95. The lowest BCUT2D eigenvalue weighted by Gasteiger charge is -2.30. The molecule has 0 spiro atoms. The molecular weight excluding hydrogens is 364 g/mol. The van der Waals surface area contributed by atoms with E-state index >= 15 is 0 Å². The van der Waals surface area contributed by atoms with Crippen molar-refractivity contribution >= 4 is 29.8 Å². The minimum absolute atomic E-state index is 0.243. The number of nitrogens with zero attached hydrogens (tertiary/aromatic N) is 1. The summed E-state index contributed by atoms with van der Waals surface area (Å²) in [6.45, 7) is 5.44. The number of aromatic nitrogens is 2. The van der Waals surface area contributed by atoms with Crippen LogP contribution in [0.15, 0.2) is 35.5 Å². The quantitative estimate of drug-likeness (QED) is 0.546. The average molecular weight is 386 g/mol. The fraction of sp³-hybridized carbons (Fsp3) is 0.316. The maximum Gasteiger partial charge on any atom is 0.337 e. The van der Waals surface area contributed by atoms with E-state index in [1.54, 1.807) is 7.11 Å². The van der Waals surface area contributed by atoms with Gasteiger partial charge in [-0.15, -0.1) is 0 Å². The van der Waals surface area contributed by atoms with Crippen LogP contribution in [-0.4, -0.2) is 29.2 Å². The third-order valence-electron chi connectivity index (χ3n) is 4.30. The van der Waals surface area contributed by atoms with Crippen LogP contribution >= 0.6 is 12.2 Å². The largest absolute Gasteiger partial charge is 0.497 e. The predicted octanol–water partition coefficient (Wildman–Crippen LogP) is 3.51. The summed E-state index contributed by atoms with van der Waals surface area (Å²) >= 11 is 5.14. The Labute approximate surface area is 162 Å². The molecule has 0 saturated carbocycles. The number of fused-ring (bicyclic) bond motifs is 1. The van der Waals surface area contributed by atoms with Crippen molar-refractivity contribution in [1.82, 2.24) is 9.97 Å². The lowest BCUT2D eigenvalue weighted by molar-refractivity contribution is -0.142. The number of allylic oxidation sites excluding steroid dienone is 1. The van der Waals surface area contributed by atoms with E-state index in [9.17, 15) is 4.79 Å². The van der Waals surface area contributed by atoms with Gasteiger partial charge in [0.15, 0.2) is 4.77 Å². The van der Waals surface area contributed by atoms with Crippen molar-refractivity contribution in [1.29, 1.82) is 0 Å². The highest BCUT2D eigenvalue weighted by Gasteiger charge is 2.36. The van der Waals surface area contributed by atoms with Crippen LogP contribution in [0.25, 0.3) is 0 Å². The van der Waals surface area contributed by atoms with Crippen LogP contribution in [0.3, 0.4) is 0 Å². The molecule has 0 radical (unpaired) electrons. The number of anilines is 2. The number of nitrogens with one attached hydrogen (secondary N) is 2. The number of nitrogens with two attached hydrogens (primary N) is 1. The van der Waals surface area contributed by atoms with Gasteiger partial charge < -0.3 is 25.5 Å². The van der Waals surface area contributed by atoms with Gasteiger partial charge in [-0.1, -0.05) is 12.1 Å². The van der Waals surface area contributed by atoms with E-state index in [4.69, 9.17) is 27.4 Å². The molecule has 1 atom stereocenters. The molecule has 0 fully saturated rings. The summed E-state index contributed by atoms with van der Waals surface area (Å²) in [7, 11) is 1.60. The SMILES string of the molecule is COc1ccc(C2C(C(=O)OC(C)C)=C(C)Nc3nc(=S)[nH]c(N)c32)cc1. The zero-order chi connectivity index (χ0) is 19.7. The number of nitrogen functional groups attached to an aromatic ring is 1. The smallest absolute Gasteiger partial charge is 0.337 e. The maximum atomic E-state index is 12.9. The number of rotatable bonds is 4. The molecule has 7 nitrogen and oxygen atoms in total. The van der Waals surface area contributed by atoms with Crippen LogP contribution in [0.1, 0.15) is 37.8 Å². The molecule has 1 aromatic carbocycles. The van der Waals surface area contributed by atoms with E-state index in [0.29, 0.717) is 28.5 Å². The van der Waals surface area contributed by atoms with Crippen molar-refractivity contribution in [3.05, 3.63) is 51.4 Å². The first kappa shape index (κ1) is 18.9. The Kier molecular flexibility index (Phi) is 5.18. The van der Waals surface area contributed by atoms with Crippen LogP contribution in [-0.2, 0) is 9.53 Å². The molecular formula is C19H22N4O3S. The Hall–Kier alpha value is -2.87. The van der Waals surface area contributed by atoms with E-state index in [1.165, 1.54) is 0 Å². The Balaban J connectivity index is 2.21. The first-order chi connectivity index (χ1) is 12.8. The number of H-pyrrole nitrogens is 1. The number of carbonyl (C=O) groups is 1. The van der Waals surface area contributed by atoms with Crippen molar-refractivity contribution in [2.24, 2.45) is 0 Å². The summed E-state index contributed by atoms with van der Waals surface area (Å²) < 4.78 is 11.0. The van der Waals surface area contributed by atoms with Gasteiger partial charge in [-0.3, -0.25) is 0 Å². The average Bonchev–Trinajstić information content (AvgIpc) is 2.59. The second-order valence-corrected chi connectivity index (χ2v) is 6.93. The van der Waals surface area contributed by atoms with Crippen molar-refractivity contribution in [2.75, 3.05) is 18.2 Å². The van der Waals surface area contributed by atoms with Crippen molar-refractivity contribution < 1.29 is 14.3 Å². The summed E-state index contributed by atoms with van der Waals surface area (Å²) in [5, 5.41) is 3.14. The minimum Gasteiger partial charge on any atom is -0.497 e. The van der Waals surface area contributed by atoms with Gasteiger partial charge >= 0.3 is 5.97 Å². The number of benzene rings is 1. The van der Waals surface area contributed by atoms with Gasteiger partial charge in [0.05, 0.1) is 24.7 Å². The number of methoxy groups -OCH3 is 1. The third-order valence-corrected chi connectivity index (χ3v) is 4.49. The highest BCUT2D eigenvalue weighted by molar-refractivity contribution is 7.71. The monoisotopic (exact) mass is 386 g/mol. The van der Waals surface area contributed by atoms with E-state index in [2.05, 4.69) is 15.3 Å². The van der Waals surface area contributed by atoms with Gasteiger partial charge in [-0.2, -0.15) is 0 Å². The Morgan fingerprint density at radius 1 is 1.30 bits per heavy atom. The number of hydrogen-bond donors (Lipinski definition) is 3. The lowest BCUT2D eigenvalue weighted by Crippen LogP contribution is -2.27. The van der Waals surface area contributed by atoms with Gasteiger partial charge in [0.1, 0.15) is 17.4 Å². The van der Waals surface area contributed by atoms with E-state index < -0.39 is 11.9 Å². The minimum atomic E-state index is -0.447. The van der Waals surface area contributed by atoms with Crippen molar-refractivity contribution in [3.63, 3.8) is 0 Å². The molecule has 2 aromatic rings. The van der Waals surface area contributed by atoms with Gasteiger partial charge in [-0.25, -0.2) is 9.78 Å². The van der Waals surface area contributed by atoms with Gasteiger partial charge in [0.25, 0.3) is 0 Å². The van der Waals surface area contributed by atoms with Gasteiger partial charge in [0.2, 0.25) is 0 Å². The predicted molar refractivity (Wildman–Crippen MR) is 106 cm³/mol. The normalized spacial score (nSPS) is 16.0. The number of ether oxygens (including phenoxy) is 2. The molecule has 0 aliphatic carbocycles. The van der Waals surface area contributed by atoms with Crippen LogP contribution < -0.4 is 15.8 Å². The van der Waals surface area contributed by atoms with E-state index in [0.717, 1.165) is 11.3 Å². The Morgan fingerprint density at radius 2 is 1.96 bits per heavy atom. The summed E-state index contributed by atoms with van der Waals surface area (Å²) in [6, 6.07) is 7.48. The zero-order valence-electron chi connectivity index (χ0n) is 15.6. The van der Waals surface area contributed by atoms with Crippen molar-refractivity contribution in [2.45, 2.75) is 32.8 Å². The molecule has 1 aliphatic rings. The zero-order valence-corrected chi connectivity index (χ0v) is 16.4. The standard InChI is InChI=1S/C19H22N4O3S/c1-9(2)26-18(24)13-10(3)21-17-15(16(20)22-19(27)23-17)14(13)11-5-7-12(25-4)8-6-11/h5-9,14H,1-4H3,(H4,20,21,22,23,27). The maximum absolute atomic E-state index is 12.9.